The SMILES string of the molecule is Cc1n[nH]nc1-c1nc(-c2ccc(C(F)(F)F)cc2)oc1C1CC1. The van der Waals surface area contributed by atoms with Gasteiger partial charge in [-0.3, -0.25) is 0 Å². The molecular formula is C16H13F3N4O. The molecule has 1 aromatic carbocycles. The van der Waals surface area contributed by atoms with Crippen molar-refractivity contribution in [3.8, 4) is 22.8 Å². The second-order valence-electron chi connectivity index (χ2n) is 5.84. The number of aromatic amines is 1. The minimum Gasteiger partial charge on any atom is -0.440 e. The van der Waals surface area contributed by atoms with Crippen molar-refractivity contribution in [2.45, 2.75) is 31.9 Å². The number of nitrogens with one attached hydrogen (secondary N) is 1. The highest BCUT2D eigenvalue weighted by atomic mass is 19.4. The number of benzene rings is 1. The standard InChI is InChI=1S/C16H13F3N4O/c1-8-12(22-23-21-8)13-14(9-2-3-9)24-15(20-13)10-4-6-11(7-5-10)16(17,18)19/h4-7,9H,2-3H2,1H3,(H,21,22,23). The molecule has 1 fully saturated rings. The summed E-state index contributed by atoms with van der Waals surface area (Å²) in [6.07, 6.45) is -2.35. The van der Waals surface area contributed by atoms with Gasteiger partial charge in [-0.15, -0.1) is 0 Å². The number of halogens is 3. The largest absolute Gasteiger partial charge is 0.440 e. The number of rotatable bonds is 3. The van der Waals surface area contributed by atoms with Crippen LogP contribution < -0.4 is 0 Å². The van der Waals surface area contributed by atoms with E-state index < -0.39 is 11.7 Å². The Kier molecular flexibility index (Phi) is 3.22. The van der Waals surface area contributed by atoms with E-state index in [2.05, 4.69) is 20.4 Å². The van der Waals surface area contributed by atoms with Gasteiger partial charge in [0.1, 0.15) is 17.1 Å². The smallest absolute Gasteiger partial charge is 0.416 e. The van der Waals surface area contributed by atoms with E-state index in [4.69, 9.17) is 4.42 Å². The van der Waals surface area contributed by atoms with E-state index in [1.807, 2.05) is 6.92 Å². The average Bonchev–Trinajstić information content (AvgIpc) is 3.15. The summed E-state index contributed by atoms with van der Waals surface area (Å²) in [5.74, 6) is 1.30. The van der Waals surface area contributed by atoms with Gasteiger partial charge in [-0.25, -0.2) is 4.98 Å². The van der Waals surface area contributed by atoms with Crippen molar-refractivity contribution in [2.24, 2.45) is 0 Å². The molecule has 1 aliphatic carbocycles. The molecule has 0 bridgehead atoms. The lowest BCUT2D eigenvalue weighted by Crippen LogP contribution is -2.03. The van der Waals surface area contributed by atoms with Crippen molar-refractivity contribution in [1.82, 2.24) is 20.4 Å². The number of nitrogens with zero attached hydrogens (tertiary/aromatic N) is 3. The number of hydrogen-bond donors (Lipinski definition) is 1. The molecule has 0 radical (unpaired) electrons. The van der Waals surface area contributed by atoms with Crippen LogP contribution in [0.5, 0.6) is 0 Å². The Morgan fingerprint density at radius 3 is 2.33 bits per heavy atom. The van der Waals surface area contributed by atoms with Crippen LogP contribution in [0, 0.1) is 6.92 Å². The van der Waals surface area contributed by atoms with Crippen LogP contribution in [0.4, 0.5) is 13.2 Å². The van der Waals surface area contributed by atoms with Crippen LogP contribution in [0.1, 0.15) is 35.8 Å². The Morgan fingerprint density at radius 2 is 1.79 bits per heavy atom. The molecule has 8 heteroatoms. The predicted octanol–water partition coefficient (Wildman–Crippen LogP) is 4.33. The third-order valence-electron chi connectivity index (χ3n) is 4.01. The van der Waals surface area contributed by atoms with Crippen molar-refractivity contribution in [2.75, 3.05) is 0 Å². The summed E-state index contributed by atoms with van der Waals surface area (Å²) >= 11 is 0. The first kappa shape index (κ1) is 14.9. The number of hydrogen-bond acceptors (Lipinski definition) is 4. The second-order valence-corrected chi connectivity index (χ2v) is 5.84. The van der Waals surface area contributed by atoms with Gasteiger partial charge in [-0.1, -0.05) is 0 Å². The molecular weight excluding hydrogens is 321 g/mol. The van der Waals surface area contributed by atoms with Crippen molar-refractivity contribution >= 4 is 0 Å². The topological polar surface area (TPSA) is 67.6 Å². The maximum absolute atomic E-state index is 12.7. The van der Waals surface area contributed by atoms with E-state index in [0.717, 1.165) is 30.7 Å². The van der Waals surface area contributed by atoms with Crippen molar-refractivity contribution in [1.29, 1.82) is 0 Å². The molecule has 1 N–H and O–H groups in total. The monoisotopic (exact) mass is 334 g/mol. The zero-order valence-electron chi connectivity index (χ0n) is 12.7. The number of oxazole rings is 1. The van der Waals surface area contributed by atoms with Crippen LogP contribution in [0.3, 0.4) is 0 Å². The van der Waals surface area contributed by atoms with Crippen molar-refractivity contribution in [3.63, 3.8) is 0 Å². The van der Waals surface area contributed by atoms with Gasteiger partial charge >= 0.3 is 6.18 Å². The summed E-state index contributed by atoms with van der Waals surface area (Å²) in [7, 11) is 0. The lowest BCUT2D eigenvalue weighted by atomic mass is 10.1. The van der Waals surface area contributed by atoms with Crippen molar-refractivity contribution < 1.29 is 17.6 Å². The molecule has 4 rings (SSSR count). The molecule has 2 heterocycles. The molecule has 2 aromatic heterocycles. The Balaban J connectivity index is 1.75. The quantitative estimate of drug-likeness (QED) is 0.774. The van der Waals surface area contributed by atoms with E-state index in [-0.39, 0.29) is 5.92 Å². The molecule has 5 nitrogen and oxygen atoms in total. The molecule has 0 atom stereocenters. The van der Waals surface area contributed by atoms with E-state index in [9.17, 15) is 13.2 Å². The number of aromatic nitrogens is 4. The Labute approximate surface area is 134 Å². The summed E-state index contributed by atoms with van der Waals surface area (Å²) in [6, 6.07) is 4.78. The second kappa shape index (κ2) is 5.19. The van der Waals surface area contributed by atoms with Gasteiger partial charge in [0.15, 0.2) is 0 Å². The molecule has 3 aromatic rings. The van der Waals surface area contributed by atoms with Gasteiger partial charge in [0.2, 0.25) is 5.89 Å². The molecule has 24 heavy (non-hydrogen) atoms. The first-order chi connectivity index (χ1) is 11.4. The molecule has 0 unspecified atom stereocenters. The number of aryl methyl sites for hydroxylation is 1. The molecule has 0 aliphatic heterocycles. The van der Waals surface area contributed by atoms with E-state index in [0.29, 0.717) is 28.5 Å². The van der Waals surface area contributed by atoms with Gasteiger partial charge in [0.05, 0.1) is 11.3 Å². The third kappa shape index (κ3) is 2.57. The zero-order chi connectivity index (χ0) is 16.9. The molecule has 1 saturated carbocycles. The van der Waals surface area contributed by atoms with Gasteiger partial charge in [0.25, 0.3) is 0 Å². The fraction of sp³-hybridized carbons (Fsp3) is 0.312. The van der Waals surface area contributed by atoms with Gasteiger partial charge in [0, 0.05) is 11.5 Å². The Hall–Kier alpha value is -2.64. The van der Waals surface area contributed by atoms with Crippen LogP contribution in [-0.4, -0.2) is 20.4 Å². The van der Waals surface area contributed by atoms with Crippen molar-refractivity contribution in [3.05, 3.63) is 41.3 Å². The highest BCUT2D eigenvalue weighted by Gasteiger charge is 2.34. The highest BCUT2D eigenvalue weighted by Crippen LogP contribution is 2.46. The molecule has 0 spiro atoms. The van der Waals surface area contributed by atoms with Gasteiger partial charge in [-0.2, -0.15) is 28.6 Å². The fourth-order valence-corrected chi connectivity index (χ4v) is 2.56. The Bertz CT molecular complexity index is 876. The first-order valence-electron chi connectivity index (χ1n) is 7.49. The predicted molar refractivity (Wildman–Crippen MR) is 79.0 cm³/mol. The first-order valence-corrected chi connectivity index (χ1v) is 7.49. The summed E-state index contributed by atoms with van der Waals surface area (Å²) in [5.41, 5.74) is 1.71. The maximum Gasteiger partial charge on any atom is 0.416 e. The third-order valence-corrected chi connectivity index (χ3v) is 4.01. The lowest BCUT2D eigenvalue weighted by molar-refractivity contribution is -0.137. The van der Waals surface area contributed by atoms with E-state index in [1.54, 1.807) is 0 Å². The summed E-state index contributed by atoms with van der Waals surface area (Å²) < 4.78 is 43.9. The summed E-state index contributed by atoms with van der Waals surface area (Å²) in [4.78, 5) is 4.47. The highest BCUT2D eigenvalue weighted by molar-refractivity contribution is 5.65. The lowest BCUT2D eigenvalue weighted by Gasteiger charge is -2.06. The van der Waals surface area contributed by atoms with E-state index in [1.165, 1.54) is 12.1 Å². The van der Waals surface area contributed by atoms with Gasteiger partial charge in [-0.05, 0) is 44.0 Å². The zero-order valence-corrected chi connectivity index (χ0v) is 12.7. The maximum atomic E-state index is 12.7. The van der Waals surface area contributed by atoms with E-state index >= 15 is 0 Å². The van der Waals surface area contributed by atoms with Crippen LogP contribution in [0.25, 0.3) is 22.8 Å². The van der Waals surface area contributed by atoms with Crippen LogP contribution in [0.2, 0.25) is 0 Å². The minimum atomic E-state index is -4.36. The molecule has 1 aliphatic rings. The normalized spacial score (nSPS) is 15.0. The number of H-pyrrole nitrogens is 1. The fourth-order valence-electron chi connectivity index (χ4n) is 2.56. The van der Waals surface area contributed by atoms with Crippen LogP contribution in [-0.2, 0) is 6.18 Å². The minimum absolute atomic E-state index is 0.284. The Morgan fingerprint density at radius 1 is 1.08 bits per heavy atom. The summed E-state index contributed by atoms with van der Waals surface area (Å²) in [5, 5.41) is 10.6. The number of alkyl halides is 3. The van der Waals surface area contributed by atoms with Gasteiger partial charge < -0.3 is 4.42 Å². The average molecular weight is 334 g/mol. The summed E-state index contributed by atoms with van der Waals surface area (Å²) in [6.45, 7) is 1.81. The van der Waals surface area contributed by atoms with Crippen LogP contribution >= 0.6 is 0 Å². The molecule has 0 amide bonds. The molecule has 0 saturated heterocycles. The van der Waals surface area contributed by atoms with Crippen LogP contribution in [0.15, 0.2) is 28.7 Å². The molecule has 124 valence electrons.